The molecule has 0 fully saturated rings. The Morgan fingerprint density at radius 3 is 2.87 bits per heavy atom. The second-order valence-corrected chi connectivity index (χ2v) is 4.48. The predicted octanol–water partition coefficient (Wildman–Crippen LogP) is 2.78. The van der Waals surface area contributed by atoms with E-state index in [1.54, 1.807) is 6.07 Å². The summed E-state index contributed by atoms with van der Waals surface area (Å²) < 4.78 is 12.8. The molecule has 0 aliphatic rings. The van der Waals surface area contributed by atoms with Gasteiger partial charge in [0.2, 0.25) is 0 Å². The summed E-state index contributed by atoms with van der Waals surface area (Å²) in [5.41, 5.74) is 6.60. The van der Waals surface area contributed by atoms with Gasteiger partial charge in [-0.05, 0) is 31.5 Å². The fourth-order valence-corrected chi connectivity index (χ4v) is 1.86. The summed E-state index contributed by atoms with van der Waals surface area (Å²) >= 11 is 1.43. The number of hydrogen-bond donors (Lipinski definition) is 1. The van der Waals surface area contributed by atoms with Crippen LogP contribution in [0.2, 0.25) is 0 Å². The van der Waals surface area contributed by atoms with E-state index in [0.717, 1.165) is 5.56 Å². The van der Waals surface area contributed by atoms with E-state index in [2.05, 4.69) is 4.99 Å². The molecule has 0 spiro atoms. The molecule has 15 heavy (non-hydrogen) atoms. The van der Waals surface area contributed by atoms with Crippen molar-refractivity contribution in [1.29, 1.82) is 0 Å². The minimum atomic E-state index is -0.215. The molecule has 1 aromatic rings. The quantitative estimate of drug-likeness (QED) is 0.635. The summed E-state index contributed by atoms with van der Waals surface area (Å²) in [5, 5.41) is 0.550. The van der Waals surface area contributed by atoms with Gasteiger partial charge >= 0.3 is 0 Å². The first-order chi connectivity index (χ1) is 7.08. The number of halogens is 1. The van der Waals surface area contributed by atoms with Crippen molar-refractivity contribution in [3.05, 3.63) is 35.6 Å². The van der Waals surface area contributed by atoms with Gasteiger partial charge in [-0.15, -0.1) is 0 Å². The molecule has 0 bridgehead atoms. The van der Waals surface area contributed by atoms with Crippen LogP contribution in [0.15, 0.2) is 29.3 Å². The lowest BCUT2D eigenvalue weighted by molar-refractivity contribution is 0.626. The topological polar surface area (TPSA) is 38.4 Å². The van der Waals surface area contributed by atoms with Gasteiger partial charge in [-0.2, -0.15) is 0 Å². The van der Waals surface area contributed by atoms with Crippen molar-refractivity contribution in [1.82, 2.24) is 0 Å². The van der Waals surface area contributed by atoms with Gasteiger partial charge in [0.15, 0.2) is 5.17 Å². The molecule has 0 saturated carbocycles. The summed E-state index contributed by atoms with van der Waals surface area (Å²) in [7, 11) is 0. The van der Waals surface area contributed by atoms with Gasteiger partial charge in [0.1, 0.15) is 5.82 Å². The van der Waals surface area contributed by atoms with E-state index in [0.29, 0.717) is 10.9 Å². The number of aliphatic imine (C=N–C) groups is 1. The molecule has 0 radical (unpaired) electrons. The average molecular weight is 226 g/mol. The number of benzene rings is 1. The maximum atomic E-state index is 12.8. The largest absolute Gasteiger partial charge is 0.379 e. The summed E-state index contributed by atoms with van der Waals surface area (Å²) in [6.07, 6.45) is 0. The molecular formula is C11H15FN2S. The highest BCUT2D eigenvalue weighted by Gasteiger charge is 1.99. The third-order valence-corrected chi connectivity index (χ3v) is 2.54. The standard InChI is InChI=1S/C11H15FN2S/c1-8(2)14-11(13)15-7-9-4-3-5-10(12)6-9/h3-6,8H,7H2,1-2H3,(H2,13,14). The molecule has 2 nitrogen and oxygen atoms in total. The number of hydrogen-bond acceptors (Lipinski definition) is 2. The number of thioether (sulfide) groups is 1. The van der Waals surface area contributed by atoms with Crippen molar-refractivity contribution >= 4 is 16.9 Å². The first kappa shape index (κ1) is 12.0. The van der Waals surface area contributed by atoms with Crippen LogP contribution in [0.5, 0.6) is 0 Å². The van der Waals surface area contributed by atoms with Gasteiger partial charge in [-0.1, -0.05) is 23.9 Å². The summed E-state index contributed by atoms with van der Waals surface area (Å²) in [4.78, 5) is 4.18. The SMILES string of the molecule is CC(C)N=C(N)SCc1cccc(F)c1. The number of nitrogens with two attached hydrogens (primary N) is 1. The fourth-order valence-electron chi connectivity index (χ4n) is 1.08. The highest BCUT2D eigenvalue weighted by atomic mass is 32.2. The zero-order valence-electron chi connectivity index (χ0n) is 8.90. The maximum Gasteiger partial charge on any atom is 0.154 e. The molecule has 4 heteroatoms. The predicted molar refractivity (Wildman–Crippen MR) is 64.5 cm³/mol. The number of rotatable bonds is 3. The third-order valence-electron chi connectivity index (χ3n) is 1.66. The Bertz CT molecular complexity index is 350. The lowest BCUT2D eigenvalue weighted by atomic mass is 10.2. The van der Waals surface area contributed by atoms with E-state index in [4.69, 9.17) is 5.73 Å². The van der Waals surface area contributed by atoms with Gasteiger partial charge in [0.05, 0.1) is 0 Å². The Hall–Kier alpha value is -1.03. The summed E-state index contributed by atoms with van der Waals surface area (Å²) in [5.74, 6) is 0.437. The monoisotopic (exact) mass is 226 g/mol. The van der Waals surface area contributed by atoms with Crippen molar-refractivity contribution in [2.75, 3.05) is 0 Å². The molecule has 0 aliphatic carbocycles. The third kappa shape index (κ3) is 4.83. The van der Waals surface area contributed by atoms with Gasteiger partial charge < -0.3 is 5.73 Å². The normalized spacial score (nSPS) is 12.1. The molecule has 1 aromatic carbocycles. The highest BCUT2D eigenvalue weighted by Crippen LogP contribution is 2.13. The Labute approximate surface area is 93.8 Å². The Morgan fingerprint density at radius 1 is 1.53 bits per heavy atom. The van der Waals surface area contributed by atoms with Gasteiger partial charge in [0.25, 0.3) is 0 Å². The second-order valence-electron chi connectivity index (χ2n) is 3.48. The van der Waals surface area contributed by atoms with E-state index in [1.165, 1.54) is 23.9 Å². The fraction of sp³-hybridized carbons (Fsp3) is 0.364. The van der Waals surface area contributed by atoms with Crippen molar-refractivity contribution in [2.24, 2.45) is 10.7 Å². The van der Waals surface area contributed by atoms with Crippen molar-refractivity contribution in [2.45, 2.75) is 25.6 Å². The summed E-state index contributed by atoms with van der Waals surface area (Å²) in [6.45, 7) is 3.94. The molecular weight excluding hydrogens is 211 g/mol. The smallest absolute Gasteiger partial charge is 0.154 e. The van der Waals surface area contributed by atoms with Gasteiger partial charge in [0, 0.05) is 11.8 Å². The lowest BCUT2D eigenvalue weighted by Crippen LogP contribution is -2.09. The van der Waals surface area contributed by atoms with E-state index in [1.807, 2.05) is 19.9 Å². The Balaban J connectivity index is 2.50. The van der Waals surface area contributed by atoms with Crippen LogP contribution in [0.25, 0.3) is 0 Å². The van der Waals surface area contributed by atoms with Crippen LogP contribution >= 0.6 is 11.8 Å². The number of amidine groups is 1. The minimum Gasteiger partial charge on any atom is -0.379 e. The average Bonchev–Trinajstić information content (AvgIpc) is 2.14. The van der Waals surface area contributed by atoms with Crippen LogP contribution in [-0.2, 0) is 5.75 Å². The molecule has 0 aliphatic heterocycles. The highest BCUT2D eigenvalue weighted by molar-refractivity contribution is 8.13. The van der Waals surface area contributed by atoms with Crippen LogP contribution in [-0.4, -0.2) is 11.2 Å². The molecule has 0 atom stereocenters. The number of nitrogens with zero attached hydrogens (tertiary/aromatic N) is 1. The molecule has 0 saturated heterocycles. The van der Waals surface area contributed by atoms with E-state index >= 15 is 0 Å². The summed E-state index contributed by atoms with van der Waals surface area (Å²) in [6, 6.07) is 6.71. The zero-order chi connectivity index (χ0) is 11.3. The van der Waals surface area contributed by atoms with Crippen LogP contribution < -0.4 is 5.73 Å². The van der Waals surface area contributed by atoms with Crippen LogP contribution in [0.1, 0.15) is 19.4 Å². The first-order valence-electron chi connectivity index (χ1n) is 4.78. The minimum absolute atomic E-state index is 0.199. The van der Waals surface area contributed by atoms with E-state index < -0.39 is 0 Å². The molecule has 0 amide bonds. The van der Waals surface area contributed by atoms with Crippen molar-refractivity contribution in [3.8, 4) is 0 Å². The van der Waals surface area contributed by atoms with E-state index in [9.17, 15) is 4.39 Å². The van der Waals surface area contributed by atoms with Gasteiger partial charge in [-0.3, -0.25) is 4.99 Å². The Kier molecular flexibility index (Phi) is 4.62. The second kappa shape index (κ2) is 5.75. The molecule has 0 heterocycles. The Morgan fingerprint density at radius 2 is 2.27 bits per heavy atom. The van der Waals surface area contributed by atoms with Crippen molar-refractivity contribution < 1.29 is 4.39 Å². The molecule has 82 valence electrons. The molecule has 2 N–H and O–H groups in total. The van der Waals surface area contributed by atoms with E-state index in [-0.39, 0.29) is 11.9 Å². The van der Waals surface area contributed by atoms with Crippen LogP contribution in [0, 0.1) is 5.82 Å². The lowest BCUT2D eigenvalue weighted by Gasteiger charge is -2.03. The molecule has 0 unspecified atom stereocenters. The maximum absolute atomic E-state index is 12.8. The zero-order valence-corrected chi connectivity index (χ0v) is 9.72. The van der Waals surface area contributed by atoms with Crippen LogP contribution in [0.3, 0.4) is 0 Å². The van der Waals surface area contributed by atoms with Gasteiger partial charge in [-0.25, -0.2) is 4.39 Å². The molecule has 1 rings (SSSR count). The molecule has 0 aromatic heterocycles. The van der Waals surface area contributed by atoms with Crippen LogP contribution in [0.4, 0.5) is 4.39 Å². The van der Waals surface area contributed by atoms with Crippen molar-refractivity contribution in [3.63, 3.8) is 0 Å². The first-order valence-corrected chi connectivity index (χ1v) is 5.77.